The second-order valence-corrected chi connectivity index (χ2v) is 4.26. The number of nitrogens with one attached hydrogen (secondary N) is 1. The molecule has 0 spiro atoms. The molecule has 3 heteroatoms. The van der Waals surface area contributed by atoms with E-state index in [0.717, 1.165) is 22.4 Å². The number of amides is 1. The molecule has 92 valence electrons. The number of hydrogen-bond donors (Lipinski definition) is 2. The summed E-state index contributed by atoms with van der Waals surface area (Å²) < 4.78 is 0. The Hall–Kier alpha value is -2.29. The zero-order valence-corrected chi connectivity index (χ0v) is 10.4. The summed E-state index contributed by atoms with van der Waals surface area (Å²) in [6, 6.07) is 13.1. The normalized spacial score (nSPS) is 10.1. The largest absolute Gasteiger partial charge is 0.508 e. The third-order valence-corrected chi connectivity index (χ3v) is 2.73. The van der Waals surface area contributed by atoms with Crippen molar-refractivity contribution in [2.45, 2.75) is 13.8 Å². The fourth-order valence-corrected chi connectivity index (χ4v) is 1.77. The van der Waals surface area contributed by atoms with Crippen LogP contribution in [0.4, 0.5) is 5.69 Å². The van der Waals surface area contributed by atoms with Crippen LogP contribution in [0.25, 0.3) is 11.1 Å². The first-order valence-corrected chi connectivity index (χ1v) is 5.74. The van der Waals surface area contributed by atoms with Gasteiger partial charge in [0.1, 0.15) is 5.75 Å². The number of aryl methyl sites for hydroxylation is 1. The first-order chi connectivity index (χ1) is 8.56. The van der Waals surface area contributed by atoms with Crippen LogP contribution in [0.3, 0.4) is 0 Å². The van der Waals surface area contributed by atoms with Crippen molar-refractivity contribution >= 4 is 11.6 Å². The summed E-state index contributed by atoms with van der Waals surface area (Å²) in [5.74, 6) is 0.177. The van der Waals surface area contributed by atoms with Gasteiger partial charge < -0.3 is 10.4 Å². The van der Waals surface area contributed by atoms with Gasteiger partial charge in [0, 0.05) is 12.6 Å². The van der Waals surface area contributed by atoms with Gasteiger partial charge >= 0.3 is 0 Å². The number of carbonyl (C=O) groups is 1. The lowest BCUT2D eigenvalue weighted by atomic mass is 10.0. The highest BCUT2D eigenvalue weighted by Gasteiger charge is 2.03. The van der Waals surface area contributed by atoms with Gasteiger partial charge in [0.05, 0.1) is 0 Å². The summed E-state index contributed by atoms with van der Waals surface area (Å²) in [4.78, 5) is 11.0. The monoisotopic (exact) mass is 241 g/mol. The number of phenolic OH excluding ortho intramolecular Hbond substituents is 1. The number of hydrogen-bond acceptors (Lipinski definition) is 2. The molecule has 0 bridgehead atoms. The fraction of sp³-hybridized carbons (Fsp3) is 0.133. The maximum Gasteiger partial charge on any atom is 0.221 e. The van der Waals surface area contributed by atoms with Crippen LogP contribution in [0.1, 0.15) is 12.5 Å². The minimum atomic E-state index is -0.0982. The van der Waals surface area contributed by atoms with Crippen LogP contribution in [0, 0.1) is 6.92 Å². The van der Waals surface area contributed by atoms with E-state index in [1.54, 1.807) is 6.07 Å². The number of anilines is 1. The molecule has 0 aliphatic rings. The molecule has 0 aliphatic heterocycles. The third-order valence-electron chi connectivity index (χ3n) is 2.73. The molecule has 2 aromatic rings. The van der Waals surface area contributed by atoms with E-state index < -0.39 is 0 Å². The molecule has 2 aromatic carbocycles. The molecular formula is C15H15NO2. The summed E-state index contributed by atoms with van der Waals surface area (Å²) in [5.41, 5.74) is 3.47. The number of rotatable bonds is 2. The van der Waals surface area contributed by atoms with Crippen molar-refractivity contribution in [1.82, 2.24) is 0 Å². The molecule has 0 unspecified atom stereocenters. The van der Waals surface area contributed by atoms with Crippen molar-refractivity contribution in [1.29, 1.82) is 0 Å². The van der Waals surface area contributed by atoms with Crippen molar-refractivity contribution in [3.8, 4) is 16.9 Å². The molecule has 0 aliphatic carbocycles. The number of aromatic hydroxyl groups is 1. The minimum absolute atomic E-state index is 0.0982. The quantitative estimate of drug-likeness (QED) is 0.847. The Kier molecular flexibility index (Phi) is 3.33. The van der Waals surface area contributed by atoms with Crippen molar-refractivity contribution in [2.24, 2.45) is 0 Å². The van der Waals surface area contributed by atoms with E-state index in [1.807, 2.05) is 43.3 Å². The molecule has 0 heterocycles. The molecule has 0 saturated carbocycles. The molecule has 0 atom stereocenters. The Morgan fingerprint density at radius 3 is 2.50 bits per heavy atom. The summed E-state index contributed by atoms with van der Waals surface area (Å²) in [7, 11) is 0. The van der Waals surface area contributed by atoms with Crippen molar-refractivity contribution in [3.63, 3.8) is 0 Å². The Morgan fingerprint density at radius 2 is 1.83 bits per heavy atom. The average molecular weight is 241 g/mol. The first kappa shape index (κ1) is 12.2. The zero-order valence-electron chi connectivity index (χ0n) is 10.4. The van der Waals surface area contributed by atoms with E-state index in [9.17, 15) is 9.90 Å². The van der Waals surface area contributed by atoms with Crippen LogP contribution in [0.5, 0.6) is 5.75 Å². The highest BCUT2D eigenvalue weighted by Crippen LogP contribution is 2.27. The average Bonchev–Trinajstić information content (AvgIpc) is 2.32. The van der Waals surface area contributed by atoms with Gasteiger partial charge in [0.15, 0.2) is 0 Å². The van der Waals surface area contributed by atoms with E-state index in [0.29, 0.717) is 0 Å². The highest BCUT2D eigenvalue weighted by atomic mass is 16.3. The van der Waals surface area contributed by atoms with Gasteiger partial charge in [-0.3, -0.25) is 4.79 Å². The molecular weight excluding hydrogens is 226 g/mol. The molecule has 18 heavy (non-hydrogen) atoms. The lowest BCUT2D eigenvalue weighted by Gasteiger charge is -2.07. The topological polar surface area (TPSA) is 49.3 Å². The lowest BCUT2D eigenvalue weighted by Crippen LogP contribution is -2.05. The summed E-state index contributed by atoms with van der Waals surface area (Å²) >= 11 is 0. The standard InChI is InChI=1S/C15H15NO2/c1-10-6-7-13(9-15(10)18)12-4-3-5-14(8-12)16-11(2)17/h3-9,18H,1-2H3,(H,16,17). The molecule has 0 fully saturated rings. The fourth-order valence-electron chi connectivity index (χ4n) is 1.77. The van der Waals surface area contributed by atoms with Crippen molar-refractivity contribution in [2.75, 3.05) is 5.32 Å². The maximum atomic E-state index is 11.0. The summed E-state index contributed by atoms with van der Waals surface area (Å²) in [5, 5.41) is 12.4. The molecule has 0 aromatic heterocycles. The van der Waals surface area contributed by atoms with Gasteiger partial charge in [0.25, 0.3) is 0 Å². The Bertz CT molecular complexity index is 591. The third kappa shape index (κ3) is 2.69. The molecule has 1 amide bonds. The minimum Gasteiger partial charge on any atom is -0.508 e. The van der Waals surface area contributed by atoms with E-state index in [4.69, 9.17) is 0 Å². The van der Waals surface area contributed by atoms with Crippen LogP contribution in [-0.2, 0) is 4.79 Å². The van der Waals surface area contributed by atoms with E-state index in [-0.39, 0.29) is 11.7 Å². The first-order valence-electron chi connectivity index (χ1n) is 5.74. The zero-order chi connectivity index (χ0) is 13.1. The van der Waals surface area contributed by atoms with Crippen LogP contribution in [-0.4, -0.2) is 11.0 Å². The Balaban J connectivity index is 2.38. The number of benzene rings is 2. The predicted molar refractivity (Wildman–Crippen MR) is 72.6 cm³/mol. The van der Waals surface area contributed by atoms with E-state index in [1.165, 1.54) is 6.92 Å². The predicted octanol–water partition coefficient (Wildman–Crippen LogP) is 3.33. The lowest BCUT2D eigenvalue weighted by molar-refractivity contribution is -0.114. The number of carbonyl (C=O) groups excluding carboxylic acids is 1. The van der Waals surface area contributed by atoms with E-state index in [2.05, 4.69) is 5.32 Å². The van der Waals surface area contributed by atoms with Crippen LogP contribution in [0.2, 0.25) is 0 Å². The van der Waals surface area contributed by atoms with E-state index >= 15 is 0 Å². The maximum absolute atomic E-state index is 11.0. The smallest absolute Gasteiger partial charge is 0.221 e. The summed E-state index contributed by atoms with van der Waals surface area (Å²) in [6.07, 6.45) is 0. The molecule has 2 N–H and O–H groups in total. The van der Waals surface area contributed by atoms with Crippen LogP contribution < -0.4 is 5.32 Å². The van der Waals surface area contributed by atoms with Gasteiger partial charge in [-0.1, -0.05) is 24.3 Å². The van der Waals surface area contributed by atoms with Gasteiger partial charge in [-0.2, -0.15) is 0 Å². The van der Waals surface area contributed by atoms with Crippen molar-refractivity contribution in [3.05, 3.63) is 48.0 Å². The molecule has 2 rings (SSSR count). The van der Waals surface area contributed by atoms with Crippen molar-refractivity contribution < 1.29 is 9.90 Å². The van der Waals surface area contributed by atoms with Crippen LogP contribution >= 0.6 is 0 Å². The highest BCUT2D eigenvalue weighted by molar-refractivity contribution is 5.89. The second kappa shape index (κ2) is 4.92. The Morgan fingerprint density at radius 1 is 1.11 bits per heavy atom. The van der Waals surface area contributed by atoms with Gasteiger partial charge in [-0.25, -0.2) is 0 Å². The second-order valence-electron chi connectivity index (χ2n) is 4.26. The van der Waals surface area contributed by atoms with Gasteiger partial charge in [0.2, 0.25) is 5.91 Å². The van der Waals surface area contributed by atoms with Gasteiger partial charge in [-0.15, -0.1) is 0 Å². The Labute approximate surface area is 106 Å². The van der Waals surface area contributed by atoms with Gasteiger partial charge in [-0.05, 0) is 41.8 Å². The number of phenols is 1. The SMILES string of the molecule is CC(=O)Nc1cccc(-c2ccc(C)c(O)c2)c1. The van der Waals surface area contributed by atoms with Crippen LogP contribution in [0.15, 0.2) is 42.5 Å². The molecule has 3 nitrogen and oxygen atoms in total. The molecule has 0 radical (unpaired) electrons. The molecule has 0 saturated heterocycles. The summed E-state index contributed by atoms with van der Waals surface area (Å²) in [6.45, 7) is 3.33.